The van der Waals surface area contributed by atoms with Gasteiger partial charge in [0, 0.05) is 28.9 Å². The molecule has 23 heavy (non-hydrogen) atoms. The Balaban J connectivity index is 1.80. The molecular formula is C17H13N3O3. The number of nitrogens with zero attached hydrogens (tertiary/aromatic N) is 2. The lowest BCUT2D eigenvalue weighted by molar-refractivity contribution is -0.114. The zero-order valence-corrected chi connectivity index (χ0v) is 12.4. The minimum atomic E-state index is -0.101. The van der Waals surface area contributed by atoms with Crippen molar-refractivity contribution in [1.29, 1.82) is 0 Å². The lowest BCUT2D eigenvalue weighted by Crippen LogP contribution is -2.05. The smallest absolute Gasteiger partial charge is 0.231 e. The monoisotopic (exact) mass is 307 g/mol. The third kappa shape index (κ3) is 2.44. The topological polar surface area (TPSA) is 73.3 Å². The van der Waals surface area contributed by atoms with E-state index in [1.165, 1.54) is 6.92 Å². The van der Waals surface area contributed by atoms with Gasteiger partial charge in [0.2, 0.25) is 12.7 Å². The molecule has 2 heterocycles. The summed E-state index contributed by atoms with van der Waals surface area (Å²) in [5.74, 6) is 1.33. The van der Waals surface area contributed by atoms with Gasteiger partial charge in [-0.3, -0.25) is 4.79 Å². The normalized spacial score (nSPS) is 12.4. The SMILES string of the molecule is CC(=O)Nc1ccc(-c2nncc3cc4c(cc23)OCO4)cc1. The van der Waals surface area contributed by atoms with E-state index < -0.39 is 0 Å². The van der Waals surface area contributed by atoms with Gasteiger partial charge in [0.1, 0.15) is 5.69 Å². The molecule has 6 nitrogen and oxygen atoms in total. The number of amides is 1. The van der Waals surface area contributed by atoms with Gasteiger partial charge in [-0.2, -0.15) is 5.10 Å². The van der Waals surface area contributed by atoms with Gasteiger partial charge in [0.25, 0.3) is 0 Å². The summed E-state index contributed by atoms with van der Waals surface area (Å²) in [6.45, 7) is 1.71. The minimum absolute atomic E-state index is 0.101. The number of benzene rings is 2. The molecule has 1 amide bonds. The summed E-state index contributed by atoms with van der Waals surface area (Å²) in [5, 5.41) is 12.9. The highest BCUT2D eigenvalue weighted by Crippen LogP contribution is 2.38. The van der Waals surface area contributed by atoms with Crippen molar-refractivity contribution >= 4 is 22.4 Å². The van der Waals surface area contributed by atoms with Gasteiger partial charge in [-0.25, -0.2) is 0 Å². The van der Waals surface area contributed by atoms with E-state index >= 15 is 0 Å². The highest BCUT2D eigenvalue weighted by molar-refractivity contribution is 5.96. The van der Waals surface area contributed by atoms with Crippen molar-refractivity contribution in [3.8, 4) is 22.8 Å². The van der Waals surface area contributed by atoms with E-state index in [9.17, 15) is 4.79 Å². The van der Waals surface area contributed by atoms with Crippen molar-refractivity contribution in [2.24, 2.45) is 0 Å². The summed E-state index contributed by atoms with van der Waals surface area (Å²) in [4.78, 5) is 11.1. The molecule has 0 fully saturated rings. The van der Waals surface area contributed by atoms with E-state index in [4.69, 9.17) is 9.47 Å². The van der Waals surface area contributed by atoms with E-state index in [1.54, 1.807) is 6.20 Å². The van der Waals surface area contributed by atoms with E-state index in [-0.39, 0.29) is 12.7 Å². The Morgan fingerprint density at radius 1 is 1.13 bits per heavy atom. The van der Waals surface area contributed by atoms with Crippen LogP contribution in [0, 0.1) is 0 Å². The molecule has 0 unspecified atom stereocenters. The van der Waals surface area contributed by atoms with E-state index in [2.05, 4.69) is 15.5 Å². The van der Waals surface area contributed by atoms with Gasteiger partial charge in [0.15, 0.2) is 11.5 Å². The molecule has 1 N–H and O–H groups in total. The molecule has 1 aliphatic heterocycles. The number of rotatable bonds is 2. The Morgan fingerprint density at radius 2 is 1.87 bits per heavy atom. The Labute approximate surface area is 132 Å². The molecule has 0 saturated carbocycles. The van der Waals surface area contributed by atoms with Crippen molar-refractivity contribution in [3.63, 3.8) is 0 Å². The van der Waals surface area contributed by atoms with Crippen molar-refractivity contribution in [2.45, 2.75) is 6.92 Å². The average molecular weight is 307 g/mol. The molecule has 1 aromatic heterocycles. The fraction of sp³-hybridized carbons (Fsp3) is 0.118. The first-order valence-corrected chi connectivity index (χ1v) is 7.14. The van der Waals surface area contributed by atoms with Crippen LogP contribution >= 0.6 is 0 Å². The molecule has 114 valence electrons. The Kier molecular flexibility index (Phi) is 3.08. The van der Waals surface area contributed by atoms with Crippen LogP contribution in [-0.4, -0.2) is 22.9 Å². The number of hydrogen-bond donors (Lipinski definition) is 1. The summed E-state index contributed by atoms with van der Waals surface area (Å²) >= 11 is 0. The van der Waals surface area contributed by atoms with Crippen LogP contribution in [-0.2, 0) is 4.79 Å². The largest absolute Gasteiger partial charge is 0.454 e. The molecule has 2 aromatic carbocycles. The van der Waals surface area contributed by atoms with Gasteiger partial charge in [-0.1, -0.05) is 12.1 Å². The minimum Gasteiger partial charge on any atom is -0.454 e. The number of nitrogens with one attached hydrogen (secondary N) is 1. The first-order valence-electron chi connectivity index (χ1n) is 7.14. The summed E-state index contributed by atoms with van der Waals surface area (Å²) in [7, 11) is 0. The molecule has 0 atom stereocenters. The molecule has 6 heteroatoms. The zero-order chi connectivity index (χ0) is 15.8. The molecular weight excluding hydrogens is 294 g/mol. The first kappa shape index (κ1) is 13.5. The summed E-state index contributed by atoms with van der Waals surface area (Å²) in [5.41, 5.74) is 2.42. The second kappa shape index (κ2) is 5.24. The molecule has 0 radical (unpaired) electrons. The maximum Gasteiger partial charge on any atom is 0.231 e. The lowest BCUT2D eigenvalue weighted by atomic mass is 10.0. The number of carbonyl (C=O) groups is 1. The van der Waals surface area contributed by atoms with Crippen molar-refractivity contribution < 1.29 is 14.3 Å². The number of carbonyl (C=O) groups excluding carboxylic acids is 1. The third-order valence-corrected chi connectivity index (χ3v) is 3.63. The van der Waals surface area contributed by atoms with E-state index in [0.717, 1.165) is 33.5 Å². The number of fused-ring (bicyclic) bond motifs is 2. The van der Waals surface area contributed by atoms with Crippen LogP contribution in [0.3, 0.4) is 0 Å². The molecule has 4 rings (SSSR count). The molecule has 0 bridgehead atoms. The predicted molar refractivity (Wildman–Crippen MR) is 85.4 cm³/mol. The van der Waals surface area contributed by atoms with Crippen LogP contribution in [0.1, 0.15) is 6.92 Å². The molecule has 0 aliphatic carbocycles. The second-order valence-corrected chi connectivity index (χ2v) is 5.24. The van der Waals surface area contributed by atoms with Gasteiger partial charge in [-0.15, -0.1) is 5.10 Å². The summed E-state index contributed by atoms with van der Waals surface area (Å²) < 4.78 is 10.8. The zero-order valence-electron chi connectivity index (χ0n) is 12.4. The first-order chi connectivity index (χ1) is 11.2. The Morgan fingerprint density at radius 3 is 2.61 bits per heavy atom. The van der Waals surface area contributed by atoms with Crippen molar-refractivity contribution in [2.75, 3.05) is 12.1 Å². The highest BCUT2D eigenvalue weighted by Gasteiger charge is 2.17. The van der Waals surface area contributed by atoms with Crippen molar-refractivity contribution in [1.82, 2.24) is 10.2 Å². The van der Waals surface area contributed by atoms with Crippen molar-refractivity contribution in [3.05, 3.63) is 42.6 Å². The fourth-order valence-corrected chi connectivity index (χ4v) is 2.60. The van der Waals surface area contributed by atoms with E-state index in [1.807, 2.05) is 36.4 Å². The second-order valence-electron chi connectivity index (χ2n) is 5.24. The fourth-order valence-electron chi connectivity index (χ4n) is 2.60. The van der Waals surface area contributed by atoms with Gasteiger partial charge >= 0.3 is 0 Å². The standard InChI is InChI=1S/C17H13N3O3/c1-10(21)19-13-4-2-11(3-5-13)17-14-7-16-15(22-9-23-16)6-12(14)8-18-20-17/h2-8H,9H2,1H3,(H,19,21). The summed E-state index contributed by atoms with van der Waals surface area (Å²) in [6.07, 6.45) is 1.70. The number of ether oxygens (including phenoxy) is 2. The number of anilines is 1. The summed E-state index contributed by atoms with van der Waals surface area (Å²) in [6, 6.07) is 11.3. The molecule has 3 aromatic rings. The maximum atomic E-state index is 11.1. The van der Waals surface area contributed by atoms with Gasteiger partial charge in [-0.05, 0) is 24.3 Å². The lowest BCUT2D eigenvalue weighted by Gasteiger charge is -2.07. The van der Waals surface area contributed by atoms with Crippen LogP contribution in [0.5, 0.6) is 11.5 Å². The number of hydrogen-bond acceptors (Lipinski definition) is 5. The molecule has 0 saturated heterocycles. The van der Waals surface area contributed by atoms with E-state index in [0.29, 0.717) is 5.75 Å². The number of aromatic nitrogens is 2. The van der Waals surface area contributed by atoms with Crippen LogP contribution in [0.25, 0.3) is 22.0 Å². The quantitative estimate of drug-likeness (QED) is 0.788. The highest BCUT2D eigenvalue weighted by atomic mass is 16.7. The maximum absolute atomic E-state index is 11.1. The van der Waals surface area contributed by atoms with Crippen LogP contribution in [0.15, 0.2) is 42.6 Å². The Bertz CT molecular complexity index is 907. The Hall–Kier alpha value is -3.15. The van der Waals surface area contributed by atoms with Gasteiger partial charge in [0.05, 0.1) is 6.20 Å². The third-order valence-electron chi connectivity index (χ3n) is 3.63. The average Bonchev–Trinajstić information content (AvgIpc) is 3.00. The van der Waals surface area contributed by atoms with Crippen LogP contribution < -0.4 is 14.8 Å². The predicted octanol–water partition coefficient (Wildman–Crippen LogP) is 2.98. The van der Waals surface area contributed by atoms with Crippen LogP contribution in [0.2, 0.25) is 0 Å². The molecule has 0 spiro atoms. The van der Waals surface area contributed by atoms with Crippen LogP contribution in [0.4, 0.5) is 5.69 Å². The van der Waals surface area contributed by atoms with Gasteiger partial charge < -0.3 is 14.8 Å². The molecule has 1 aliphatic rings.